The first-order chi connectivity index (χ1) is 14.4. The first kappa shape index (κ1) is 21.8. The lowest BCUT2D eigenvalue weighted by Gasteiger charge is -2.22. The molecule has 0 radical (unpaired) electrons. The molecule has 3 aromatic rings. The molecule has 0 bridgehead atoms. The summed E-state index contributed by atoms with van der Waals surface area (Å²) in [5.41, 5.74) is 2.36. The maximum atomic E-state index is 13.7. The molecule has 0 saturated heterocycles. The summed E-state index contributed by atoms with van der Waals surface area (Å²) < 4.78 is 34.2. The summed E-state index contributed by atoms with van der Waals surface area (Å²) in [6, 6.07) is 19.5. The van der Waals surface area contributed by atoms with E-state index in [1.165, 1.54) is 4.31 Å². The number of aryl methyl sites for hydroxylation is 1. The van der Waals surface area contributed by atoms with E-state index in [4.69, 9.17) is 4.52 Å². The third-order valence-electron chi connectivity index (χ3n) is 4.65. The highest BCUT2D eigenvalue weighted by Crippen LogP contribution is 2.27. The first-order valence-corrected chi connectivity index (χ1v) is 11.2. The summed E-state index contributed by atoms with van der Waals surface area (Å²) in [6.45, 7) is 2.28. The van der Waals surface area contributed by atoms with Crippen molar-refractivity contribution in [2.24, 2.45) is 0 Å². The minimum atomic E-state index is -3.83. The van der Waals surface area contributed by atoms with Crippen molar-refractivity contribution >= 4 is 16.1 Å². The quantitative estimate of drug-likeness (QED) is 0.519. The fourth-order valence-electron chi connectivity index (χ4n) is 3.11. The Kier molecular flexibility index (Phi) is 7.07. The number of sulfonamides is 1. The predicted molar refractivity (Wildman–Crippen MR) is 118 cm³/mol. The zero-order valence-corrected chi connectivity index (χ0v) is 18.3. The molecule has 0 N–H and O–H groups in total. The summed E-state index contributed by atoms with van der Waals surface area (Å²) >= 11 is 0. The normalized spacial score (nSPS) is 12.0. The van der Waals surface area contributed by atoms with Gasteiger partial charge in [0.2, 0.25) is 10.0 Å². The van der Waals surface area contributed by atoms with E-state index in [1.54, 1.807) is 19.2 Å². The molecule has 1 heterocycles. The lowest BCUT2D eigenvalue weighted by atomic mass is 10.1. The summed E-state index contributed by atoms with van der Waals surface area (Å²) in [5, 5.41) is 3.92. The van der Waals surface area contributed by atoms with Crippen LogP contribution in [0.3, 0.4) is 0 Å². The van der Waals surface area contributed by atoms with Crippen LogP contribution in [0.5, 0.6) is 0 Å². The van der Waals surface area contributed by atoms with Crippen molar-refractivity contribution in [3.8, 4) is 0 Å². The van der Waals surface area contributed by atoms with Gasteiger partial charge in [0.1, 0.15) is 5.69 Å². The van der Waals surface area contributed by atoms with Crippen LogP contribution in [-0.2, 0) is 23.0 Å². The van der Waals surface area contributed by atoms with Crippen LogP contribution >= 0.6 is 0 Å². The highest BCUT2D eigenvalue weighted by molar-refractivity contribution is 7.89. The molecule has 0 spiro atoms. The number of hydrogen-bond acceptors (Lipinski definition) is 5. The molecule has 0 aliphatic carbocycles. The lowest BCUT2D eigenvalue weighted by Crippen LogP contribution is -2.33. The van der Waals surface area contributed by atoms with Crippen LogP contribution in [0, 0.1) is 6.92 Å². The number of aromatic nitrogens is 1. The van der Waals surface area contributed by atoms with E-state index in [0.717, 1.165) is 11.1 Å². The zero-order valence-electron chi connectivity index (χ0n) is 17.5. The molecule has 0 fully saturated rings. The van der Waals surface area contributed by atoms with Gasteiger partial charge in [0.25, 0.3) is 0 Å². The van der Waals surface area contributed by atoms with Crippen LogP contribution in [-0.4, -0.2) is 43.4 Å². The van der Waals surface area contributed by atoms with Crippen molar-refractivity contribution in [2.45, 2.75) is 24.8 Å². The van der Waals surface area contributed by atoms with Gasteiger partial charge in [-0.1, -0.05) is 65.8 Å². The van der Waals surface area contributed by atoms with E-state index >= 15 is 0 Å². The van der Waals surface area contributed by atoms with Gasteiger partial charge in [-0.15, -0.1) is 0 Å². The fourth-order valence-corrected chi connectivity index (χ4v) is 4.79. The molecule has 0 aliphatic rings. The Bertz CT molecular complexity index is 1080. The summed E-state index contributed by atoms with van der Waals surface area (Å²) in [7, 11) is -0.115. The number of benzene rings is 2. The van der Waals surface area contributed by atoms with Gasteiger partial charge in [-0.05, 0) is 24.5 Å². The van der Waals surface area contributed by atoms with Crippen LogP contribution in [0.2, 0.25) is 0 Å². The van der Waals surface area contributed by atoms with Crippen molar-refractivity contribution in [2.75, 3.05) is 20.6 Å². The number of hydrogen-bond donors (Lipinski definition) is 0. The molecule has 30 heavy (non-hydrogen) atoms. The second-order valence-corrected chi connectivity index (χ2v) is 9.18. The van der Waals surface area contributed by atoms with Gasteiger partial charge in [0, 0.05) is 39.5 Å². The van der Waals surface area contributed by atoms with Gasteiger partial charge < -0.3 is 9.42 Å². The summed E-state index contributed by atoms with van der Waals surface area (Å²) in [5.74, 6) is 0.235. The van der Waals surface area contributed by atoms with Crippen molar-refractivity contribution in [1.29, 1.82) is 0 Å². The zero-order chi connectivity index (χ0) is 21.6. The molecule has 0 unspecified atom stereocenters. The van der Waals surface area contributed by atoms with E-state index in [9.17, 15) is 8.42 Å². The highest BCUT2D eigenvalue weighted by Gasteiger charge is 2.31. The van der Waals surface area contributed by atoms with Gasteiger partial charge in [0.15, 0.2) is 10.7 Å². The van der Waals surface area contributed by atoms with Crippen molar-refractivity contribution in [3.63, 3.8) is 0 Å². The monoisotopic (exact) mass is 425 g/mol. The van der Waals surface area contributed by atoms with Gasteiger partial charge in [-0.3, -0.25) is 0 Å². The van der Waals surface area contributed by atoms with Crippen molar-refractivity contribution in [1.82, 2.24) is 14.4 Å². The van der Waals surface area contributed by atoms with Crippen molar-refractivity contribution < 1.29 is 12.9 Å². The fraction of sp³-hybridized carbons (Fsp3) is 0.261. The minimum Gasteiger partial charge on any atom is -0.383 e. The average Bonchev–Trinajstić information content (AvgIpc) is 3.12. The lowest BCUT2D eigenvalue weighted by molar-refractivity contribution is 0.399. The second-order valence-electron chi connectivity index (χ2n) is 7.30. The standard InChI is InChI=1S/C23H27N3O3S/c1-19-23(22(29-24-19)15-16-25(2)3)30(27,28)26(18-21-12-8-5-9-13-21)17-14-20-10-6-4-7-11-20/h4-13,15-16H,14,17-18H2,1-3H3/b16-15+. The van der Waals surface area contributed by atoms with Gasteiger partial charge in [-0.25, -0.2) is 8.42 Å². The maximum Gasteiger partial charge on any atom is 0.249 e. The van der Waals surface area contributed by atoms with E-state index in [2.05, 4.69) is 5.16 Å². The third kappa shape index (κ3) is 5.37. The topological polar surface area (TPSA) is 66.7 Å². The molecule has 158 valence electrons. The molecule has 0 aliphatic heterocycles. The Morgan fingerprint density at radius 2 is 1.57 bits per heavy atom. The van der Waals surface area contributed by atoms with Crippen molar-refractivity contribution in [3.05, 3.63) is 89.4 Å². The van der Waals surface area contributed by atoms with Crippen LogP contribution < -0.4 is 0 Å². The first-order valence-electron chi connectivity index (χ1n) is 9.77. The van der Waals surface area contributed by atoms with Crippen LogP contribution in [0.1, 0.15) is 22.6 Å². The highest BCUT2D eigenvalue weighted by atomic mass is 32.2. The van der Waals surface area contributed by atoms with E-state index < -0.39 is 10.0 Å². The Morgan fingerprint density at radius 3 is 2.17 bits per heavy atom. The van der Waals surface area contributed by atoms with Crippen LogP contribution in [0.4, 0.5) is 0 Å². The molecule has 0 saturated carbocycles. The van der Waals surface area contributed by atoms with Gasteiger partial charge in [0.05, 0.1) is 0 Å². The van der Waals surface area contributed by atoms with Crippen LogP contribution in [0.15, 0.2) is 76.3 Å². The third-order valence-corrected chi connectivity index (χ3v) is 6.65. The Balaban J connectivity index is 1.96. The van der Waals surface area contributed by atoms with E-state index in [1.807, 2.05) is 79.7 Å². The maximum absolute atomic E-state index is 13.7. The van der Waals surface area contributed by atoms with Gasteiger partial charge >= 0.3 is 0 Å². The summed E-state index contributed by atoms with van der Waals surface area (Å²) in [6.07, 6.45) is 3.98. The molecular weight excluding hydrogens is 398 g/mol. The molecule has 7 heteroatoms. The molecule has 0 atom stereocenters. The van der Waals surface area contributed by atoms with Gasteiger partial charge in [-0.2, -0.15) is 4.31 Å². The molecule has 0 amide bonds. The largest absolute Gasteiger partial charge is 0.383 e. The molecule has 3 rings (SSSR count). The number of rotatable bonds is 9. The Morgan fingerprint density at radius 1 is 0.967 bits per heavy atom. The Hall–Kier alpha value is -2.90. The summed E-state index contributed by atoms with van der Waals surface area (Å²) in [4.78, 5) is 1.93. The molecule has 6 nitrogen and oxygen atoms in total. The van der Waals surface area contributed by atoms with E-state index in [-0.39, 0.29) is 17.2 Å². The molecule has 1 aromatic heterocycles. The molecule has 2 aromatic carbocycles. The van der Waals surface area contributed by atoms with Crippen LogP contribution in [0.25, 0.3) is 6.08 Å². The average molecular weight is 426 g/mol. The number of nitrogens with zero attached hydrogens (tertiary/aromatic N) is 3. The SMILES string of the molecule is Cc1noc(/C=C/N(C)C)c1S(=O)(=O)N(CCc1ccccc1)Cc1ccccc1. The predicted octanol–water partition coefficient (Wildman–Crippen LogP) is 3.95. The minimum absolute atomic E-state index is 0.115. The van der Waals surface area contributed by atoms with E-state index in [0.29, 0.717) is 18.7 Å². The molecular formula is C23H27N3O3S. The smallest absolute Gasteiger partial charge is 0.249 e. The Labute approximate surface area is 178 Å². The second kappa shape index (κ2) is 9.73.